The average Bonchev–Trinajstić information content (AvgIpc) is 3.04. The van der Waals surface area contributed by atoms with E-state index in [1.807, 2.05) is 25.3 Å². The van der Waals surface area contributed by atoms with Crippen molar-refractivity contribution in [3.05, 3.63) is 54.6 Å². The summed E-state index contributed by atoms with van der Waals surface area (Å²) in [6, 6.07) is 2.28. The molecule has 0 aliphatic heterocycles. The standard InChI is InChI=1S/C23H33N3O2S/c1-5-18(16-6-8-17(24)9-7-16)21-15(4)20(12-29-21)22(27)25-11-19-13(2)10-14(3)26-23(19)28/h10,12,16-18H,5-9,11,24H2,1-4H3,(H,25,27)(H,26,28). The molecule has 2 aromatic rings. The third-order valence-electron chi connectivity index (χ3n) is 6.40. The molecular formula is C23H33N3O2S. The lowest BCUT2D eigenvalue weighted by molar-refractivity contribution is 0.0950. The first-order chi connectivity index (χ1) is 13.8. The molecule has 6 heteroatoms. The van der Waals surface area contributed by atoms with Gasteiger partial charge in [-0.05, 0) is 81.9 Å². The second kappa shape index (κ2) is 9.26. The summed E-state index contributed by atoms with van der Waals surface area (Å²) in [5, 5.41) is 4.92. The van der Waals surface area contributed by atoms with Crippen LogP contribution >= 0.6 is 11.3 Å². The van der Waals surface area contributed by atoms with Crippen LogP contribution in [0.5, 0.6) is 0 Å². The van der Waals surface area contributed by atoms with Crippen LogP contribution in [0, 0.1) is 26.7 Å². The van der Waals surface area contributed by atoms with Crippen molar-refractivity contribution in [1.29, 1.82) is 0 Å². The van der Waals surface area contributed by atoms with Gasteiger partial charge < -0.3 is 16.0 Å². The molecule has 29 heavy (non-hydrogen) atoms. The highest BCUT2D eigenvalue weighted by molar-refractivity contribution is 7.10. The highest BCUT2D eigenvalue weighted by atomic mass is 32.1. The van der Waals surface area contributed by atoms with Crippen LogP contribution < -0.4 is 16.6 Å². The van der Waals surface area contributed by atoms with Crippen molar-refractivity contribution in [1.82, 2.24) is 10.3 Å². The fourth-order valence-electron chi connectivity index (χ4n) is 4.67. The van der Waals surface area contributed by atoms with Gasteiger partial charge in [0.1, 0.15) is 0 Å². The fourth-order valence-corrected chi connectivity index (χ4v) is 6.02. The van der Waals surface area contributed by atoms with Gasteiger partial charge in [-0.15, -0.1) is 11.3 Å². The summed E-state index contributed by atoms with van der Waals surface area (Å²) < 4.78 is 0. The minimum absolute atomic E-state index is 0.107. The predicted molar refractivity (Wildman–Crippen MR) is 120 cm³/mol. The summed E-state index contributed by atoms with van der Waals surface area (Å²) in [5.41, 5.74) is 10.1. The van der Waals surface area contributed by atoms with Crippen molar-refractivity contribution >= 4 is 17.2 Å². The minimum Gasteiger partial charge on any atom is -0.348 e. The molecule has 5 nitrogen and oxygen atoms in total. The third kappa shape index (κ3) is 4.81. The molecule has 0 spiro atoms. The lowest BCUT2D eigenvalue weighted by Crippen LogP contribution is -2.29. The molecule has 1 fully saturated rings. The Hall–Kier alpha value is -1.92. The van der Waals surface area contributed by atoms with Crippen LogP contribution in [0.15, 0.2) is 16.2 Å². The maximum absolute atomic E-state index is 12.8. The largest absolute Gasteiger partial charge is 0.348 e. The number of rotatable bonds is 6. The fraction of sp³-hybridized carbons (Fsp3) is 0.565. The Kier molecular flexibility index (Phi) is 6.96. The number of H-pyrrole nitrogens is 1. The van der Waals surface area contributed by atoms with Crippen molar-refractivity contribution in [2.45, 2.75) is 78.3 Å². The highest BCUT2D eigenvalue weighted by Crippen LogP contribution is 2.42. The number of carbonyl (C=O) groups is 1. The number of aromatic nitrogens is 1. The van der Waals surface area contributed by atoms with Crippen molar-refractivity contribution in [3.63, 3.8) is 0 Å². The maximum Gasteiger partial charge on any atom is 0.253 e. The SMILES string of the molecule is CCC(c1scc(C(=O)NCc2c(C)cc(C)[nH]c2=O)c1C)C1CCC(N)CC1. The Bertz CT molecular complexity index is 923. The Morgan fingerprint density at radius 2 is 1.97 bits per heavy atom. The topological polar surface area (TPSA) is 88.0 Å². The summed E-state index contributed by atoms with van der Waals surface area (Å²) in [7, 11) is 0. The maximum atomic E-state index is 12.8. The number of aromatic amines is 1. The number of nitrogens with two attached hydrogens (primary N) is 1. The number of thiophene rings is 1. The summed E-state index contributed by atoms with van der Waals surface area (Å²) in [5.74, 6) is 1.04. The first-order valence-corrected chi connectivity index (χ1v) is 11.5. The van der Waals surface area contributed by atoms with E-state index in [9.17, 15) is 9.59 Å². The van der Waals surface area contributed by atoms with Gasteiger partial charge in [-0.3, -0.25) is 9.59 Å². The average molecular weight is 416 g/mol. The predicted octanol–water partition coefficient (Wildman–Crippen LogP) is 4.30. The van der Waals surface area contributed by atoms with Crippen molar-refractivity contribution < 1.29 is 4.79 Å². The molecule has 1 unspecified atom stereocenters. The summed E-state index contributed by atoms with van der Waals surface area (Å²) in [6.07, 6.45) is 5.63. The number of amides is 1. The van der Waals surface area contributed by atoms with E-state index >= 15 is 0 Å². The molecule has 2 heterocycles. The van der Waals surface area contributed by atoms with Crippen LogP contribution in [0.25, 0.3) is 0 Å². The first kappa shape index (κ1) is 21.8. The summed E-state index contributed by atoms with van der Waals surface area (Å²) in [6.45, 7) is 8.30. The van der Waals surface area contributed by atoms with E-state index in [0.717, 1.165) is 41.6 Å². The van der Waals surface area contributed by atoms with Crippen LogP contribution in [-0.2, 0) is 6.54 Å². The van der Waals surface area contributed by atoms with Gasteiger partial charge in [0.15, 0.2) is 0 Å². The summed E-state index contributed by atoms with van der Waals surface area (Å²) >= 11 is 1.70. The Morgan fingerprint density at radius 3 is 2.59 bits per heavy atom. The van der Waals surface area contributed by atoms with Gasteiger partial charge in [-0.25, -0.2) is 0 Å². The third-order valence-corrected chi connectivity index (χ3v) is 7.62. The zero-order valence-corrected chi connectivity index (χ0v) is 18.7. The molecule has 2 aromatic heterocycles. The highest BCUT2D eigenvalue weighted by Gasteiger charge is 2.29. The Balaban J connectivity index is 1.73. The van der Waals surface area contributed by atoms with E-state index < -0.39 is 0 Å². The van der Waals surface area contributed by atoms with Gasteiger partial charge in [-0.1, -0.05) is 6.92 Å². The van der Waals surface area contributed by atoms with E-state index in [4.69, 9.17) is 5.73 Å². The number of pyridine rings is 1. The van der Waals surface area contributed by atoms with Gasteiger partial charge in [0.05, 0.1) is 5.56 Å². The summed E-state index contributed by atoms with van der Waals surface area (Å²) in [4.78, 5) is 29.2. The van der Waals surface area contributed by atoms with E-state index in [-0.39, 0.29) is 18.0 Å². The second-order valence-corrected chi connectivity index (χ2v) is 9.37. The van der Waals surface area contributed by atoms with Crippen LogP contribution in [0.3, 0.4) is 0 Å². The molecule has 4 N–H and O–H groups in total. The van der Waals surface area contributed by atoms with Crippen LogP contribution in [-0.4, -0.2) is 16.9 Å². The van der Waals surface area contributed by atoms with E-state index in [1.165, 1.54) is 17.7 Å². The molecule has 1 atom stereocenters. The first-order valence-electron chi connectivity index (χ1n) is 10.6. The van der Waals surface area contributed by atoms with Gasteiger partial charge >= 0.3 is 0 Å². The quantitative estimate of drug-likeness (QED) is 0.657. The van der Waals surface area contributed by atoms with Crippen LogP contribution in [0.2, 0.25) is 0 Å². The van der Waals surface area contributed by atoms with E-state index in [0.29, 0.717) is 23.4 Å². The van der Waals surface area contributed by atoms with Crippen molar-refractivity contribution in [2.75, 3.05) is 0 Å². The minimum atomic E-state index is -0.132. The van der Waals surface area contributed by atoms with Crippen molar-refractivity contribution in [2.24, 2.45) is 11.7 Å². The molecule has 0 aromatic carbocycles. The molecule has 1 aliphatic carbocycles. The lowest BCUT2D eigenvalue weighted by Gasteiger charge is -2.32. The molecule has 0 saturated heterocycles. The number of hydrogen-bond donors (Lipinski definition) is 3. The molecule has 1 aliphatic rings. The second-order valence-electron chi connectivity index (χ2n) is 8.45. The monoisotopic (exact) mass is 415 g/mol. The molecule has 3 rings (SSSR count). The molecular weight excluding hydrogens is 382 g/mol. The van der Waals surface area contributed by atoms with Crippen LogP contribution in [0.1, 0.15) is 82.6 Å². The Labute approximate surface area is 177 Å². The van der Waals surface area contributed by atoms with Gasteiger partial charge in [0.2, 0.25) is 0 Å². The van der Waals surface area contributed by atoms with Crippen LogP contribution in [0.4, 0.5) is 0 Å². The molecule has 0 bridgehead atoms. The molecule has 1 amide bonds. The van der Waals surface area contributed by atoms with Gasteiger partial charge in [-0.2, -0.15) is 0 Å². The van der Waals surface area contributed by atoms with Crippen molar-refractivity contribution in [3.8, 4) is 0 Å². The van der Waals surface area contributed by atoms with E-state index in [1.54, 1.807) is 11.3 Å². The lowest BCUT2D eigenvalue weighted by atomic mass is 9.76. The zero-order chi connectivity index (χ0) is 21.1. The number of hydrogen-bond acceptors (Lipinski definition) is 4. The number of aryl methyl sites for hydroxylation is 2. The normalized spacial score (nSPS) is 20.4. The van der Waals surface area contributed by atoms with Gasteiger partial charge in [0, 0.05) is 34.1 Å². The number of nitrogens with one attached hydrogen (secondary N) is 2. The molecule has 1 saturated carbocycles. The molecule has 0 radical (unpaired) electrons. The Morgan fingerprint density at radius 1 is 1.28 bits per heavy atom. The van der Waals surface area contributed by atoms with Gasteiger partial charge in [0.25, 0.3) is 11.5 Å². The number of carbonyl (C=O) groups excluding carboxylic acids is 1. The zero-order valence-electron chi connectivity index (χ0n) is 17.9. The smallest absolute Gasteiger partial charge is 0.253 e. The van der Waals surface area contributed by atoms with E-state index in [2.05, 4.69) is 24.1 Å². The molecule has 158 valence electrons.